The minimum atomic E-state index is -1.54. The van der Waals surface area contributed by atoms with E-state index in [2.05, 4.69) is 15.5 Å². The van der Waals surface area contributed by atoms with Gasteiger partial charge in [-0.05, 0) is 48.5 Å². The van der Waals surface area contributed by atoms with E-state index in [9.17, 15) is 13.4 Å². The van der Waals surface area contributed by atoms with E-state index in [-0.39, 0.29) is 9.35 Å². The van der Waals surface area contributed by atoms with Crippen LogP contribution in [-0.4, -0.2) is 20.3 Å². The predicted molar refractivity (Wildman–Crippen MR) is 90.4 cm³/mol. The average Bonchev–Trinajstić information content (AvgIpc) is 3.07. The number of carbonyl (C=O) groups excluding carboxylic acids is 1. The van der Waals surface area contributed by atoms with Crippen LogP contribution in [0.2, 0.25) is 5.02 Å². The predicted octanol–water partition coefficient (Wildman–Crippen LogP) is 3.75. The molecule has 0 aliphatic rings. The highest BCUT2D eigenvalue weighted by molar-refractivity contribution is 7.87. The van der Waals surface area contributed by atoms with Gasteiger partial charge in [-0.15, -0.1) is 10.2 Å². The maximum Gasteiger partial charge on any atom is 0.286 e. The van der Waals surface area contributed by atoms with Crippen molar-refractivity contribution in [1.29, 1.82) is 0 Å². The van der Waals surface area contributed by atoms with Gasteiger partial charge in [-0.3, -0.25) is 4.79 Å². The van der Waals surface area contributed by atoms with E-state index in [1.807, 2.05) is 0 Å². The summed E-state index contributed by atoms with van der Waals surface area (Å²) in [6, 6.07) is 11.8. The van der Waals surface area contributed by atoms with Gasteiger partial charge >= 0.3 is 0 Å². The van der Waals surface area contributed by atoms with Crippen molar-refractivity contribution in [2.45, 2.75) is 9.24 Å². The van der Waals surface area contributed by atoms with Crippen molar-refractivity contribution in [3.05, 3.63) is 64.4 Å². The fourth-order valence-electron chi connectivity index (χ4n) is 1.75. The van der Waals surface area contributed by atoms with Crippen LogP contribution in [0.25, 0.3) is 0 Å². The van der Waals surface area contributed by atoms with E-state index in [0.29, 0.717) is 15.6 Å². The van der Waals surface area contributed by atoms with Crippen molar-refractivity contribution < 1.29 is 13.4 Å². The van der Waals surface area contributed by atoms with Gasteiger partial charge in [0, 0.05) is 15.6 Å². The summed E-state index contributed by atoms with van der Waals surface area (Å²) in [4.78, 5) is 12.6. The molecule has 1 atom stereocenters. The Bertz CT molecular complexity index is 898. The van der Waals surface area contributed by atoms with Crippen LogP contribution in [-0.2, 0) is 10.8 Å². The summed E-state index contributed by atoms with van der Waals surface area (Å²) in [5.41, 5.74) is 0.428. The average molecular weight is 382 g/mol. The fraction of sp³-hybridized carbons (Fsp3) is 0. The number of aromatic nitrogens is 2. The number of hydrogen-bond acceptors (Lipinski definition) is 5. The topological polar surface area (TPSA) is 72.0 Å². The Morgan fingerprint density at radius 1 is 1.08 bits per heavy atom. The summed E-state index contributed by atoms with van der Waals surface area (Å²) in [6.07, 6.45) is 0. The van der Waals surface area contributed by atoms with Gasteiger partial charge in [0.05, 0.1) is 0 Å². The van der Waals surface area contributed by atoms with Crippen molar-refractivity contribution in [2.75, 3.05) is 5.32 Å². The number of carbonyl (C=O) groups is 1. The first kappa shape index (κ1) is 16.7. The number of amides is 1. The van der Waals surface area contributed by atoms with Crippen LogP contribution in [0.3, 0.4) is 0 Å². The molecule has 0 radical (unpaired) electrons. The lowest BCUT2D eigenvalue weighted by molar-refractivity contribution is 0.102. The zero-order chi connectivity index (χ0) is 17.1. The van der Waals surface area contributed by atoms with Gasteiger partial charge in [-0.25, -0.2) is 8.60 Å². The molecule has 1 aromatic heterocycles. The number of nitrogens with one attached hydrogen (secondary N) is 1. The van der Waals surface area contributed by atoms with Crippen LogP contribution in [0.4, 0.5) is 10.1 Å². The van der Waals surface area contributed by atoms with E-state index in [0.717, 1.165) is 11.3 Å². The zero-order valence-corrected chi connectivity index (χ0v) is 14.3. The zero-order valence-electron chi connectivity index (χ0n) is 11.9. The SMILES string of the molecule is O=C(Nc1ccc(F)cc1)c1nnc(S(=O)c2ccc(Cl)cc2)s1. The lowest BCUT2D eigenvalue weighted by atomic mass is 10.3. The maximum absolute atomic E-state index is 12.9. The van der Waals surface area contributed by atoms with Gasteiger partial charge in [0.1, 0.15) is 16.6 Å². The van der Waals surface area contributed by atoms with Crippen molar-refractivity contribution in [3.8, 4) is 0 Å². The van der Waals surface area contributed by atoms with Crippen LogP contribution in [0, 0.1) is 5.82 Å². The minimum Gasteiger partial charge on any atom is -0.320 e. The van der Waals surface area contributed by atoms with Gasteiger partial charge in [0.25, 0.3) is 5.91 Å². The highest BCUT2D eigenvalue weighted by Gasteiger charge is 2.18. The number of nitrogens with zero attached hydrogens (tertiary/aromatic N) is 2. The Morgan fingerprint density at radius 2 is 1.75 bits per heavy atom. The third-order valence-corrected chi connectivity index (χ3v) is 5.66. The third-order valence-electron chi connectivity index (χ3n) is 2.89. The lowest BCUT2D eigenvalue weighted by Crippen LogP contribution is -2.11. The number of benzene rings is 2. The van der Waals surface area contributed by atoms with E-state index < -0.39 is 22.5 Å². The van der Waals surface area contributed by atoms with E-state index in [1.54, 1.807) is 24.3 Å². The van der Waals surface area contributed by atoms with Crippen LogP contribution >= 0.6 is 22.9 Å². The highest BCUT2D eigenvalue weighted by atomic mass is 35.5. The quantitative estimate of drug-likeness (QED) is 0.747. The molecule has 5 nitrogen and oxygen atoms in total. The summed E-state index contributed by atoms with van der Waals surface area (Å²) in [5, 5.41) is 10.7. The van der Waals surface area contributed by atoms with E-state index >= 15 is 0 Å². The molecule has 0 saturated heterocycles. The summed E-state index contributed by atoms with van der Waals surface area (Å²) in [5.74, 6) is -0.900. The first-order valence-corrected chi connectivity index (χ1v) is 8.95. The van der Waals surface area contributed by atoms with E-state index in [4.69, 9.17) is 11.6 Å². The van der Waals surface area contributed by atoms with Gasteiger partial charge in [-0.2, -0.15) is 0 Å². The van der Waals surface area contributed by atoms with Crippen molar-refractivity contribution >= 4 is 45.3 Å². The first-order chi connectivity index (χ1) is 11.5. The number of anilines is 1. The van der Waals surface area contributed by atoms with Crippen LogP contribution < -0.4 is 5.32 Å². The van der Waals surface area contributed by atoms with Crippen molar-refractivity contribution in [2.24, 2.45) is 0 Å². The highest BCUT2D eigenvalue weighted by Crippen LogP contribution is 2.22. The summed E-state index contributed by atoms with van der Waals surface area (Å²) < 4.78 is 25.5. The minimum absolute atomic E-state index is 0.0663. The molecule has 3 rings (SSSR count). The van der Waals surface area contributed by atoms with Gasteiger partial charge < -0.3 is 5.32 Å². The molecule has 1 unspecified atom stereocenters. The van der Waals surface area contributed by atoms with Gasteiger partial charge in [-0.1, -0.05) is 22.9 Å². The largest absolute Gasteiger partial charge is 0.320 e. The molecule has 1 heterocycles. The Labute approximate surface area is 148 Å². The van der Waals surface area contributed by atoms with Crippen molar-refractivity contribution in [1.82, 2.24) is 10.2 Å². The third kappa shape index (κ3) is 3.84. The molecule has 0 aliphatic heterocycles. The molecular weight excluding hydrogens is 373 g/mol. The second kappa shape index (κ2) is 7.16. The van der Waals surface area contributed by atoms with Crippen LogP contribution in [0.1, 0.15) is 9.80 Å². The van der Waals surface area contributed by atoms with Crippen LogP contribution in [0.5, 0.6) is 0 Å². The summed E-state index contributed by atoms with van der Waals surface area (Å²) in [7, 11) is -1.54. The molecule has 0 aliphatic carbocycles. The van der Waals surface area contributed by atoms with Crippen molar-refractivity contribution in [3.63, 3.8) is 0 Å². The normalized spacial score (nSPS) is 11.9. The molecule has 0 bridgehead atoms. The molecule has 122 valence electrons. The maximum atomic E-state index is 12.9. The molecule has 0 spiro atoms. The number of halogens is 2. The number of hydrogen-bond donors (Lipinski definition) is 1. The lowest BCUT2D eigenvalue weighted by Gasteiger charge is -2.01. The van der Waals surface area contributed by atoms with E-state index in [1.165, 1.54) is 24.3 Å². The second-order valence-electron chi connectivity index (χ2n) is 4.56. The molecule has 1 amide bonds. The van der Waals surface area contributed by atoms with Gasteiger partial charge in [0.2, 0.25) is 9.35 Å². The Hall–Kier alpha value is -2.16. The fourth-order valence-corrected chi connectivity index (χ4v) is 3.88. The molecule has 24 heavy (non-hydrogen) atoms. The number of rotatable bonds is 4. The molecule has 3 aromatic rings. The molecule has 1 N–H and O–H groups in total. The first-order valence-electron chi connectivity index (χ1n) is 6.61. The molecule has 0 saturated carbocycles. The monoisotopic (exact) mass is 381 g/mol. The second-order valence-corrected chi connectivity index (χ2v) is 7.62. The summed E-state index contributed by atoms with van der Waals surface area (Å²) in [6.45, 7) is 0. The molecular formula is C15H9ClFN3O2S2. The van der Waals surface area contributed by atoms with Crippen LogP contribution in [0.15, 0.2) is 57.8 Å². The molecule has 9 heteroatoms. The summed E-state index contributed by atoms with van der Waals surface area (Å²) >= 11 is 6.72. The van der Waals surface area contributed by atoms with Gasteiger partial charge in [0.15, 0.2) is 0 Å². The Balaban J connectivity index is 1.74. The molecule has 2 aromatic carbocycles. The Morgan fingerprint density at radius 3 is 2.42 bits per heavy atom. The Kier molecular flexibility index (Phi) is 4.98. The molecule has 0 fully saturated rings. The standard InChI is InChI=1S/C15H9ClFN3O2S2/c16-9-1-7-12(8-2-9)24(22)15-20-19-14(23-15)13(21)18-11-5-3-10(17)4-6-11/h1-8H,(H,18,21). The smallest absolute Gasteiger partial charge is 0.286 e.